The highest BCUT2D eigenvalue weighted by Gasteiger charge is 2.31. The van der Waals surface area contributed by atoms with Crippen LogP contribution in [-0.2, 0) is 9.59 Å². The van der Waals surface area contributed by atoms with Crippen LogP contribution in [0.15, 0.2) is 60.9 Å². The van der Waals surface area contributed by atoms with Crippen LogP contribution in [0.2, 0.25) is 0 Å². The molecule has 1 saturated heterocycles. The lowest BCUT2D eigenvalue weighted by Gasteiger charge is -2.22. The van der Waals surface area contributed by atoms with Gasteiger partial charge in [0.05, 0.1) is 35.9 Å². The van der Waals surface area contributed by atoms with Crippen LogP contribution in [0, 0.1) is 0 Å². The van der Waals surface area contributed by atoms with E-state index < -0.39 is 24.1 Å². The maximum Gasteiger partial charge on any atom is 0.405 e. The van der Waals surface area contributed by atoms with E-state index in [1.807, 2.05) is 42.3 Å². The quantitative estimate of drug-likeness (QED) is 0.190. The molecule has 5 rings (SSSR count). The van der Waals surface area contributed by atoms with E-state index in [0.717, 1.165) is 58.9 Å². The Kier molecular flexibility index (Phi) is 8.37. The first-order valence-electron chi connectivity index (χ1n) is 14.1. The number of likely N-dealkylation sites (tertiary alicyclic amines) is 1. The number of aromatic nitrogens is 4. The number of carbonyl (C=O) groups is 3. The Bertz CT molecular complexity index is 1560. The Morgan fingerprint density at radius 1 is 0.905 bits per heavy atom. The maximum absolute atomic E-state index is 12.3. The van der Waals surface area contributed by atoms with Gasteiger partial charge in [-0.05, 0) is 48.9 Å². The number of aromatic amines is 2. The van der Waals surface area contributed by atoms with Gasteiger partial charge in [-0.25, -0.2) is 14.8 Å². The van der Waals surface area contributed by atoms with E-state index in [4.69, 9.17) is 5.11 Å². The predicted molar refractivity (Wildman–Crippen MR) is 158 cm³/mol. The van der Waals surface area contributed by atoms with Gasteiger partial charge in [0, 0.05) is 13.0 Å². The minimum absolute atomic E-state index is 0.0155. The zero-order chi connectivity index (χ0) is 29.8. The van der Waals surface area contributed by atoms with Crippen molar-refractivity contribution in [2.75, 3.05) is 6.54 Å². The third-order valence-electron chi connectivity index (χ3n) is 7.61. The SMILES string of the molecule is CCC(=O)N1CCC[C@H]1c1ncc(-c2ccc(-c3ccc(-c4cnc([C@@H](C)NC(=O)[C@H](C)NC(=O)O)[nH]4)cc3)cc2)[nH]1. The number of imidazole rings is 2. The molecule has 11 heteroatoms. The van der Waals surface area contributed by atoms with Crippen LogP contribution < -0.4 is 10.6 Å². The number of benzene rings is 2. The monoisotopic (exact) mass is 569 g/mol. The van der Waals surface area contributed by atoms with Crippen molar-refractivity contribution in [3.8, 4) is 33.6 Å². The fraction of sp³-hybridized carbons (Fsp3) is 0.323. The summed E-state index contributed by atoms with van der Waals surface area (Å²) in [6, 6.07) is 15.1. The summed E-state index contributed by atoms with van der Waals surface area (Å²) >= 11 is 0. The molecule has 0 bridgehead atoms. The Morgan fingerprint density at radius 2 is 1.48 bits per heavy atom. The summed E-state index contributed by atoms with van der Waals surface area (Å²) in [5.41, 5.74) is 5.85. The van der Waals surface area contributed by atoms with Crippen molar-refractivity contribution in [3.05, 3.63) is 72.6 Å². The Morgan fingerprint density at radius 3 is 2.07 bits per heavy atom. The van der Waals surface area contributed by atoms with Gasteiger partial charge in [-0.1, -0.05) is 55.5 Å². The third kappa shape index (κ3) is 6.19. The normalized spacial score (nSPS) is 16.2. The largest absolute Gasteiger partial charge is 0.465 e. The van der Waals surface area contributed by atoms with Crippen molar-refractivity contribution >= 4 is 17.9 Å². The molecule has 2 aromatic heterocycles. The van der Waals surface area contributed by atoms with Crippen molar-refractivity contribution in [1.82, 2.24) is 35.5 Å². The van der Waals surface area contributed by atoms with Crippen molar-refractivity contribution in [3.63, 3.8) is 0 Å². The number of nitrogens with zero attached hydrogens (tertiary/aromatic N) is 3. The maximum atomic E-state index is 12.3. The van der Waals surface area contributed by atoms with E-state index in [1.165, 1.54) is 6.92 Å². The van der Waals surface area contributed by atoms with Crippen LogP contribution in [0.4, 0.5) is 4.79 Å². The molecule has 1 fully saturated rings. The van der Waals surface area contributed by atoms with Gasteiger partial charge in [0.1, 0.15) is 17.7 Å². The first-order valence-corrected chi connectivity index (χ1v) is 14.1. The van der Waals surface area contributed by atoms with Gasteiger partial charge in [-0.2, -0.15) is 0 Å². The van der Waals surface area contributed by atoms with Gasteiger partial charge in [0.15, 0.2) is 0 Å². The highest BCUT2D eigenvalue weighted by Crippen LogP contribution is 2.32. The molecule has 5 N–H and O–H groups in total. The number of amides is 3. The molecule has 1 aliphatic heterocycles. The second-order valence-corrected chi connectivity index (χ2v) is 10.5. The van der Waals surface area contributed by atoms with E-state index >= 15 is 0 Å². The van der Waals surface area contributed by atoms with Crippen LogP contribution in [0.3, 0.4) is 0 Å². The van der Waals surface area contributed by atoms with Crippen LogP contribution >= 0.6 is 0 Å². The third-order valence-corrected chi connectivity index (χ3v) is 7.61. The number of rotatable bonds is 9. The number of carbonyl (C=O) groups excluding carboxylic acids is 2. The summed E-state index contributed by atoms with van der Waals surface area (Å²) in [6.07, 6.45) is 4.71. The van der Waals surface area contributed by atoms with Crippen molar-refractivity contribution in [2.45, 2.75) is 58.2 Å². The van der Waals surface area contributed by atoms with Crippen LogP contribution in [0.5, 0.6) is 0 Å². The van der Waals surface area contributed by atoms with E-state index in [-0.39, 0.29) is 11.9 Å². The van der Waals surface area contributed by atoms with Crippen LogP contribution in [-0.4, -0.2) is 60.4 Å². The molecule has 218 valence electrons. The molecular weight excluding hydrogens is 534 g/mol. The van der Waals surface area contributed by atoms with Crippen molar-refractivity contribution in [2.24, 2.45) is 0 Å². The number of hydrogen-bond donors (Lipinski definition) is 5. The second kappa shape index (κ2) is 12.3. The lowest BCUT2D eigenvalue weighted by Crippen LogP contribution is -2.45. The summed E-state index contributed by atoms with van der Waals surface area (Å²) in [6.45, 7) is 5.94. The molecule has 0 spiro atoms. The summed E-state index contributed by atoms with van der Waals surface area (Å²) in [5, 5.41) is 13.7. The number of carboxylic acid groups (broad SMARTS) is 1. The van der Waals surface area contributed by atoms with Crippen LogP contribution in [0.1, 0.15) is 63.8 Å². The molecule has 3 atom stereocenters. The summed E-state index contributed by atoms with van der Waals surface area (Å²) < 4.78 is 0. The molecule has 3 heterocycles. The molecule has 0 saturated carbocycles. The smallest absolute Gasteiger partial charge is 0.405 e. The molecule has 0 unspecified atom stereocenters. The molecule has 2 aromatic carbocycles. The van der Waals surface area contributed by atoms with Gasteiger partial charge >= 0.3 is 6.09 Å². The number of H-pyrrole nitrogens is 2. The second-order valence-electron chi connectivity index (χ2n) is 10.5. The average Bonchev–Trinajstić information content (AvgIpc) is 3.77. The summed E-state index contributed by atoms with van der Waals surface area (Å²) in [4.78, 5) is 52.9. The lowest BCUT2D eigenvalue weighted by molar-refractivity contribution is -0.132. The van der Waals surface area contributed by atoms with Crippen LogP contribution in [0.25, 0.3) is 33.6 Å². The van der Waals surface area contributed by atoms with E-state index in [9.17, 15) is 14.4 Å². The molecule has 42 heavy (non-hydrogen) atoms. The molecule has 1 aliphatic rings. The Labute approximate surface area is 243 Å². The molecule has 4 aromatic rings. The Hall–Kier alpha value is -4.93. The zero-order valence-corrected chi connectivity index (χ0v) is 23.8. The Balaban J connectivity index is 1.23. The summed E-state index contributed by atoms with van der Waals surface area (Å²) in [7, 11) is 0. The number of hydrogen-bond acceptors (Lipinski definition) is 5. The zero-order valence-electron chi connectivity index (χ0n) is 23.8. The van der Waals surface area contributed by atoms with Crippen molar-refractivity contribution in [1.29, 1.82) is 0 Å². The fourth-order valence-electron chi connectivity index (χ4n) is 5.25. The lowest BCUT2D eigenvalue weighted by atomic mass is 10.0. The predicted octanol–water partition coefficient (Wildman–Crippen LogP) is 5.04. The minimum Gasteiger partial charge on any atom is -0.465 e. The molecule has 0 radical (unpaired) electrons. The first-order chi connectivity index (χ1) is 20.2. The first kappa shape index (κ1) is 28.6. The van der Waals surface area contributed by atoms with Gasteiger partial charge in [0.2, 0.25) is 11.8 Å². The minimum atomic E-state index is -1.26. The molecular formula is C31H35N7O4. The summed E-state index contributed by atoms with van der Waals surface area (Å²) in [5.74, 6) is 1.14. The van der Waals surface area contributed by atoms with Gasteiger partial charge in [0.25, 0.3) is 0 Å². The molecule has 11 nitrogen and oxygen atoms in total. The van der Waals surface area contributed by atoms with E-state index in [2.05, 4.69) is 54.8 Å². The molecule has 3 amide bonds. The van der Waals surface area contributed by atoms with Gasteiger partial charge < -0.3 is 30.6 Å². The highest BCUT2D eigenvalue weighted by molar-refractivity contribution is 5.85. The topological polar surface area (TPSA) is 156 Å². The fourth-order valence-corrected chi connectivity index (χ4v) is 5.25. The van der Waals surface area contributed by atoms with E-state index in [0.29, 0.717) is 12.2 Å². The standard InChI is InChI=1S/C31H35N7O4/c1-4-27(39)38-15-5-6-26(38)29-33-17-25(37-29)23-13-9-21(10-14-23)20-7-11-22(12-8-20)24-16-32-28(36-24)18(2)34-30(40)19(3)35-31(41)42/h7-14,16-19,26,35H,4-6,15H2,1-3H3,(H,32,36)(H,33,37)(H,34,40)(H,41,42)/t18-,19+,26+/m1/s1. The van der Waals surface area contributed by atoms with E-state index in [1.54, 1.807) is 13.1 Å². The highest BCUT2D eigenvalue weighted by atomic mass is 16.4. The number of nitrogens with one attached hydrogen (secondary N) is 4. The average molecular weight is 570 g/mol. The van der Waals surface area contributed by atoms with Gasteiger partial charge in [-0.15, -0.1) is 0 Å². The van der Waals surface area contributed by atoms with Crippen molar-refractivity contribution < 1.29 is 19.5 Å². The molecule has 0 aliphatic carbocycles. The van der Waals surface area contributed by atoms with Gasteiger partial charge in [-0.3, -0.25) is 9.59 Å².